The standard InChI is InChI=1S/C12H16N4OS/c1-8(6-9-4-3-5-18-9)14-12(17)11-10(13)7-16(2)15-11/h3-5,7-8H,6,13H2,1-2H3,(H,14,17). The summed E-state index contributed by atoms with van der Waals surface area (Å²) < 4.78 is 1.54. The van der Waals surface area contributed by atoms with Gasteiger partial charge in [0.25, 0.3) is 5.91 Å². The number of aryl methyl sites for hydroxylation is 1. The number of nitrogen functional groups attached to an aromatic ring is 1. The van der Waals surface area contributed by atoms with Crippen molar-refractivity contribution in [2.75, 3.05) is 5.73 Å². The maximum Gasteiger partial charge on any atom is 0.274 e. The molecule has 2 heterocycles. The molecule has 0 aliphatic heterocycles. The second kappa shape index (κ2) is 5.22. The van der Waals surface area contributed by atoms with Crippen LogP contribution in [0.25, 0.3) is 0 Å². The number of nitrogens with zero attached hydrogens (tertiary/aromatic N) is 2. The fraction of sp³-hybridized carbons (Fsp3) is 0.333. The zero-order valence-corrected chi connectivity index (χ0v) is 11.2. The van der Waals surface area contributed by atoms with E-state index in [-0.39, 0.29) is 17.6 Å². The summed E-state index contributed by atoms with van der Waals surface area (Å²) in [6.45, 7) is 1.97. The summed E-state index contributed by atoms with van der Waals surface area (Å²) in [6, 6.07) is 4.12. The van der Waals surface area contributed by atoms with E-state index in [1.165, 1.54) is 9.56 Å². The minimum Gasteiger partial charge on any atom is -0.396 e. The lowest BCUT2D eigenvalue weighted by atomic mass is 10.2. The summed E-state index contributed by atoms with van der Waals surface area (Å²) >= 11 is 1.69. The number of hydrogen-bond donors (Lipinski definition) is 2. The molecule has 1 amide bonds. The molecule has 2 aromatic rings. The SMILES string of the molecule is CC(Cc1cccs1)NC(=O)c1nn(C)cc1N. The van der Waals surface area contributed by atoms with Gasteiger partial charge in [-0.2, -0.15) is 5.10 Å². The van der Waals surface area contributed by atoms with E-state index in [1.807, 2.05) is 18.4 Å². The second-order valence-corrected chi connectivity index (χ2v) is 5.30. The van der Waals surface area contributed by atoms with E-state index in [9.17, 15) is 4.79 Å². The molecular formula is C12H16N4OS. The third-order valence-electron chi connectivity index (χ3n) is 2.54. The van der Waals surface area contributed by atoms with Gasteiger partial charge in [-0.3, -0.25) is 9.48 Å². The fourth-order valence-electron chi connectivity index (χ4n) is 1.76. The van der Waals surface area contributed by atoms with Gasteiger partial charge in [-0.05, 0) is 18.4 Å². The lowest BCUT2D eigenvalue weighted by Gasteiger charge is -2.11. The molecule has 0 aromatic carbocycles. The minimum absolute atomic E-state index is 0.0533. The first kappa shape index (κ1) is 12.6. The Morgan fingerprint density at radius 2 is 2.44 bits per heavy atom. The van der Waals surface area contributed by atoms with Crippen molar-refractivity contribution < 1.29 is 4.79 Å². The van der Waals surface area contributed by atoms with Gasteiger partial charge >= 0.3 is 0 Å². The molecule has 1 atom stereocenters. The van der Waals surface area contributed by atoms with Crippen molar-refractivity contribution in [1.82, 2.24) is 15.1 Å². The minimum atomic E-state index is -0.225. The van der Waals surface area contributed by atoms with Crippen LogP contribution >= 0.6 is 11.3 Å². The molecule has 96 valence electrons. The topological polar surface area (TPSA) is 72.9 Å². The molecule has 0 saturated heterocycles. The lowest BCUT2D eigenvalue weighted by Crippen LogP contribution is -2.34. The van der Waals surface area contributed by atoms with Crippen molar-refractivity contribution in [3.8, 4) is 0 Å². The molecule has 2 rings (SSSR count). The molecular weight excluding hydrogens is 248 g/mol. The molecule has 0 radical (unpaired) electrons. The van der Waals surface area contributed by atoms with Crippen LogP contribution in [-0.4, -0.2) is 21.7 Å². The number of thiophene rings is 1. The Morgan fingerprint density at radius 1 is 1.67 bits per heavy atom. The molecule has 0 saturated carbocycles. The van der Waals surface area contributed by atoms with Gasteiger partial charge in [0.15, 0.2) is 5.69 Å². The lowest BCUT2D eigenvalue weighted by molar-refractivity contribution is 0.0935. The summed E-state index contributed by atoms with van der Waals surface area (Å²) in [6.07, 6.45) is 2.44. The van der Waals surface area contributed by atoms with Gasteiger partial charge in [-0.1, -0.05) is 6.07 Å². The molecule has 0 fully saturated rings. The molecule has 6 heteroatoms. The Hall–Kier alpha value is -1.82. The van der Waals surface area contributed by atoms with Crippen molar-refractivity contribution >= 4 is 22.9 Å². The first-order valence-electron chi connectivity index (χ1n) is 5.68. The zero-order chi connectivity index (χ0) is 13.1. The van der Waals surface area contributed by atoms with Gasteiger partial charge in [0.05, 0.1) is 5.69 Å². The molecule has 0 aliphatic rings. The quantitative estimate of drug-likeness (QED) is 0.877. The van der Waals surface area contributed by atoms with Gasteiger partial charge in [0.2, 0.25) is 0 Å². The second-order valence-electron chi connectivity index (χ2n) is 4.26. The average molecular weight is 264 g/mol. The first-order chi connectivity index (χ1) is 8.56. The van der Waals surface area contributed by atoms with Crippen LogP contribution in [0.3, 0.4) is 0 Å². The monoisotopic (exact) mass is 264 g/mol. The van der Waals surface area contributed by atoms with Gasteiger partial charge in [0.1, 0.15) is 0 Å². The van der Waals surface area contributed by atoms with Crippen LogP contribution in [0.2, 0.25) is 0 Å². The number of carbonyl (C=O) groups excluding carboxylic acids is 1. The highest BCUT2D eigenvalue weighted by molar-refractivity contribution is 7.09. The van der Waals surface area contributed by atoms with Crippen LogP contribution in [0.4, 0.5) is 5.69 Å². The van der Waals surface area contributed by atoms with Crippen molar-refractivity contribution in [3.63, 3.8) is 0 Å². The predicted molar refractivity (Wildman–Crippen MR) is 72.6 cm³/mol. The third-order valence-corrected chi connectivity index (χ3v) is 3.44. The van der Waals surface area contributed by atoms with Crippen LogP contribution in [0, 0.1) is 0 Å². The summed E-state index contributed by atoms with van der Waals surface area (Å²) in [7, 11) is 1.74. The predicted octanol–water partition coefficient (Wildman–Crippen LogP) is 1.42. The Bertz CT molecular complexity index is 532. The number of aromatic nitrogens is 2. The van der Waals surface area contributed by atoms with E-state index in [2.05, 4.69) is 16.5 Å². The van der Waals surface area contributed by atoms with E-state index in [1.54, 1.807) is 24.6 Å². The Kier molecular flexibility index (Phi) is 3.66. The van der Waals surface area contributed by atoms with E-state index in [0.29, 0.717) is 5.69 Å². The molecule has 0 spiro atoms. The van der Waals surface area contributed by atoms with Crippen LogP contribution in [-0.2, 0) is 13.5 Å². The van der Waals surface area contributed by atoms with Gasteiger partial charge < -0.3 is 11.1 Å². The Labute approximate surface area is 110 Å². The number of nitrogens with two attached hydrogens (primary N) is 1. The highest BCUT2D eigenvalue weighted by Crippen LogP contribution is 2.12. The van der Waals surface area contributed by atoms with Crippen LogP contribution in [0.5, 0.6) is 0 Å². The molecule has 0 bridgehead atoms. The normalized spacial score (nSPS) is 12.3. The number of carbonyl (C=O) groups is 1. The van der Waals surface area contributed by atoms with Gasteiger partial charge in [-0.15, -0.1) is 11.3 Å². The summed E-state index contributed by atoms with van der Waals surface area (Å²) in [5.41, 5.74) is 6.40. The largest absolute Gasteiger partial charge is 0.396 e. The number of rotatable bonds is 4. The van der Waals surface area contributed by atoms with Crippen molar-refractivity contribution in [1.29, 1.82) is 0 Å². The van der Waals surface area contributed by atoms with Crippen LogP contribution < -0.4 is 11.1 Å². The van der Waals surface area contributed by atoms with E-state index in [4.69, 9.17) is 5.73 Å². The molecule has 18 heavy (non-hydrogen) atoms. The number of amides is 1. The van der Waals surface area contributed by atoms with Gasteiger partial charge in [0, 0.05) is 30.6 Å². The maximum atomic E-state index is 12.0. The molecule has 1 unspecified atom stereocenters. The molecule has 0 aliphatic carbocycles. The Morgan fingerprint density at radius 3 is 3.00 bits per heavy atom. The van der Waals surface area contributed by atoms with Crippen molar-refractivity contribution in [3.05, 3.63) is 34.3 Å². The average Bonchev–Trinajstić information content (AvgIpc) is 2.88. The number of nitrogens with one attached hydrogen (secondary N) is 1. The zero-order valence-electron chi connectivity index (χ0n) is 10.4. The molecule has 2 aromatic heterocycles. The van der Waals surface area contributed by atoms with Crippen LogP contribution in [0.1, 0.15) is 22.3 Å². The number of anilines is 1. The highest BCUT2D eigenvalue weighted by atomic mass is 32.1. The van der Waals surface area contributed by atoms with Gasteiger partial charge in [-0.25, -0.2) is 0 Å². The van der Waals surface area contributed by atoms with Crippen molar-refractivity contribution in [2.24, 2.45) is 7.05 Å². The highest BCUT2D eigenvalue weighted by Gasteiger charge is 2.16. The summed E-state index contributed by atoms with van der Waals surface area (Å²) in [4.78, 5) is 13.2. The van der Waals surface area contributed by atoms with Crippen molar-refractivity contribution in [2.45, 2.75) is 19.4 Å². The van der Waals surface area contributed by atoms with E-state index >= 15 is 0 Å². The fourth-order valence-corrected chi connectivity index (χ4v) is 2.59. The summed E-state index contributed by atoms with van der Waals surface area (Å²) in [5, 5.41) is 8.97. The Balaban J connectivity index is 1.97. The first-order valence-corrected chi connectivity index (χ1v) is 6.56. The third kappa shape index (κ3) is 2.89. The molecule has 3 N–H and O–H groups in total. The summed E-state index contributed by atoms with van der Waals surface area (Å²) in [5.74, 6) is -0.225. The van der Waals surface area contributed by atoms with Crippen LogP contribution in [0.15, 0.2) is 23.7 Å². The van der Waals surface area contributed by atoms with E-state index < -0.39 is 0 Å². The molecule has 5 nitrogen and oxygen atoms in total. The smallest absolute Gasteiger partial charge is 0.274 e. The number of hydrogen-bond acceptors (Lipinski definition) is 4. The maximum absolute atomic E-state index is 12.0. The van der Waals surface area contributed by atoms with E-state index in [0.717, 1.165) is 6.42 Å².